The van der Waals surface area contributed by atoms with Crippen molar-refractivity contribution in [3.63, 3.8) is 0 Å². The molecule has 0 unspecified atom stereocenters. The van der Waals surface area contributed by atoms with Gasteiger partial charge in [-0.2, -0.15) is 10.1 Å². The minimum Gasteiger partial charge on any atom is -0.384 e. The first kappa shape index (κ1) is 10.9. The summed E-state index contributed by atoms with van der Waals surface area (Å²) in [7, 11) is 1.80. The number of rotatable bonds is 1. The number of fused-ring (bicyclic) bond motifs is 1. The third kappa shape index (κ3) is 1.67. The van der Waals surface area contributed by atoms with Crippen LogP contribution in [0.1, 0.15) is 0 Å². The van der Waals surface area contributed by atoms with Gasteiger partial charge in [0.05, 0.1) is 17.3 Å². The number of nitrogens with two attached hydrogens (primary N) is 1. The lowest BCUT2D eigenvalue weighted by molar-refractivity contribution is 0.785. The molecule has 3 rings (SSSR count). The number of aryl methyl sites for hydroxylation is 1. The van der Waals surface area contributed by atoms with Crippen molar-refractivity contribution in [2.45, 2.75) is 0 Å². The minimum atomic E-state index is 0.179. The summed E-state index contributed by atoms with van der Waals surface area (Å²) in [5.74, 6) is 0.460. The number of nitrogens with zero attached hydrogens (tertiary/aromatic N) is 5. The maximum absolute atomic E-state index is 5.93. The van der Waals surface area contributed by atoms with Gasteiger partial charge in [-0.05, 0) is 23.7 Å². The smallest absolute Gasteiger partial charge is 0.225 e. The van der Waals surface area contributed by atoms with Gasteiger partial charge >= 0.3 is 0 Å². The van der Waals surface area contributed by atoms with Crippen molar-refractivity contribution in [3.8, 4) is 11.3 Å². The molecule has 0 bridgehead atoms. The fourth-order valence-corrected chi connectivity index (χ4v) is 1.93. The van der Waals surface area contributed by atoms with Crippen LogP contribution in [-0.2, 0) is 7.05 Å². The lowest BCUT2D eigenvalue weighted by Gasteiger charge is -2.03. The third-order valence-electron chi connectivity index (χ3n) is 2.62. The Kier molecular flexibility index (Phi) is 2.38. The normalized spacial score (nSPS) is 11.0. The highest BCUT2D eigenvalue weighted by Crippen LogP contribution is 2.26. The van der Waals surface area contributed by atoms with Crippen molar-refractivity contribution in [1.29, 1.82) is 0 Å². The lowest BCUT2D eigenvalue weighted by Crippen LogP contribution is -1.96. The molecule has 6 nitrogen and oxygen atoms in total. The van der Waals surface area contributed by atoms with E-state index in [2.05, 4.69) is 20.1 Å². The number of hydrogen-bond donors (Lipinski definition) is 1. The summed E-state index contributed by atoms with van der Waals surface area (Å²) in [5.41, 5.74) is 7.77. The van der Waals surface area contributed by atoms with E-state index in [-0.39, 0.29) is 5.28 Å². The summed E-state index contributed by atoms with van der Waals surface area (Å²) in [6.07, 6.45) is 3.36. The van der Waals surface area contributed by atoms with Crippen molar-refractivity contribution in [2.24, 2.45) is 7.05 Å². The molecule has 0 saturated heterocycles. The maximum Gasteiger partial charge on any atom is 0.225 e. The van der Waals surface area contributed by atoms with Crippen LogP contribution in [0.5, 0.6) is 0 Å². The van der Waals surface area contributed by atoms with Crippen LogP contribution in [0.25, 0.3) is 22.3 Å². The average Bonchev–Trinajstić information content (AvgIpc) is 2.71. The van der Waals surface area contributed by atoms with E-state index in [1.54, 1.807) is 30.2 Å². The fourth-order valence-electron chi connectivity index (χ4n) is 1.76. The van der Waals surface area contributed by atoms with Crippen molar-refractivity contribution in [2.75, 3.05) is 5.73 Å². The van der Waals surface area contributed by atoms with E-state index in [1.807, 2.05) is 6.07 Å². The van der Waals surface area contributed by atoms with Crippen LogP contribution in [0.2, 0.25) is 5.28 Å². The molecule has 90 valence electrons. The Morgan fingerprint density at radius 2 is 2.06 bits per heavy atom. The molecule has 0 spiro atoms. The number of pyridine rings is 1. The van der Waals surface area contributed by atoms with E-state index in [0.29, 0.717) is 17.2 Å². The first-order chi connectivity index (χ1) is 8.65. The summed E-state index contributed by atoms with van der Waals surface area (Å²) >= 11 is 5.93. The summed E-state index contributed by atoms with van der Waals surface area (Å²) in [4.78, 5) is 12.4. The zero-order valence-electron chi connectivity index (χ0n) is 9.50. The second kappa shape index (κ2) is 3.92. The van der Waals surface area contributed by atoms with Crippen molar-refractivity contribution < 1.29 is 0 Å². The van der Waals surface area contributed by atoms with E-state index in [1.165, 1.54) is 0 Å². The van der Waals surface area contributed by atoms with Gasteiger partial charge in [0.25, 0.3) is 0 Å². The van der Waals surface area contributed by atoms with Gasteiger partial charge in [0.1, 0.15) is 5.82 Å². The predicted octanol–water partition coefficient (Wildman–Crippen LogP) is 1.66. The molecule has 3 aromatic heterocycles. The monoisotopic (exact) mass is 260 g/mol. The molecule has 0 aliphatic heterocycles. The quantitative estimate of drug-likeness (QED) is 0.673. The van der Waals surface area contributed by atoms with Crippen LogP contribution in [0.4, 0.5) is 5.82 Å². The number of hydrogen-bond acceptors (Lipinski definition) is 5. The number of aromatic nitrogens is 5. The van der Waals surface area contributed by atoms with Crippen LogP contribution >= 0.6 is 11.6 Å². The van der Waals surface area contributed by atoms with Gasteiger partial charge in [-0.1, -0.05) is 0 Å². The van der Waals surface area contributed by atoms with Gasteiger partial charge in [-0.3, -0.25) is 4.68 Å². The van der Waals surface area contributed by atoms with Gasteiger partial charge in [-0.15, -0.1) is 0 Å². The molecular weight excluding hydrogens is 252 g/mol. The Hall–Kier alpha value is -2.21. The van der Waals surface area contributed by atoms with E-state index >= 15 is 0 Å². The lowest BCUT2D eigenvalue weighted by atomic mass is 10.1. The Bertz CT molecular complexity index is 718. The highest BCUT2D eigenvalue weighted by molar-refractivity contribution is 6.28. The molecule has 2 N–H and O–H groups in total. The maximum atomic E-state index is 5.93. The van der Waals surface area contributed by atoms with E-state index in [0.717, 1.165) is 10.9 Å². The van der Waals surface area contributed by atoms with Gasteiger partial charge < -0.3 is 5.73 Å². The molecule has 0 fully saturated rings. The summed E-state index contributed by atoms with van der Waals surface area (Å²) in [6, 6.07) is 3.56. The second-order valence-electron chi connectivity index (χ2n) is 3.82. The molecule has 0 saturated carbocycles. The number of halogens is 1. The molecular formula is C11H9ClN6. The van der Waals surface area contributed by atoms with Crippen LogP contribution < -0.4 is 5.73 Å². The fraction of sp³-hybridized carbons (Fsp3) is 0.0909. The largest absolute Gasteiger partial charge is 0.384 e. The number of anilines is 1. The van der Waals surface area contributed by atoms with Crippen LogP contribution in [-0.4, -0.2) is 24.7 Å². The van der Waals surface area contributed by atoms with Gasteiger partial charge in [0.2, 0.25) is 5.28 Å². The molecule has 0 radical (unpaired) electrons. The summed E-state index contributed by atoms with van der Waals surface area (Å²) in [5, 5.41) is 5.16. The Labute approximate surface area is 107 Å². The second-order valence-corrected chi connectivity index (χ2v) is 4.16. The average molecular weight is 261 g/mol. The van der Waals surface area contributed by atoms with E-state index < -0.39 is 0 Å². The summed E-state index contributed by atoms with van der Waals surface area (Å²) in [6.45, 7) is 0. The third-order valence-corrected chi connectivity index (χ3v) is 2.79. The Balaban J connectivity index is 2.31. The molecule has 0 amide bonds. The molecule has 18 heavy (non-hydrogen) atoms. The van der Waals surface area contributed by atoms with Crippen LogP contribution in [0.3, 0.4) is 0 Å². The minimum absolute atomic E-state index is 0.179. The highest BCUT2D eigenvalue weighted by atomic mass is 35.5. The molecule has 0 atom stereocenters. The molecule has 0 aliphatic carbocycles. The molecule has 0 aromatic carbocycles. The van der Waals surface area contributed by atoms with Gasteiger partial charge in [0, 0.05) is 18.8 Å². The van der Waals surface area contributed by atoms with Crippen molar-refractivity contribution in [1.82, 2.24) is 24.7 Å². The first-order valence-corrected chi connectivity index (χ1v) is 5.60. The van der Waals surface area contributed by atoms with Gasteiger partial charge in [-0.25, -0.2) is 9.97 Å². The summed E-state index contributed by atoms with van der Waals surface area (Å²) < 4.78 is 1.65. The van der Waals surface area contributed by atoms with Crippen LogP contribution in [0, 0.1) is 0 Å². The van der Waals surface area contributed by atoms with Crippen molar-refractivity contribution >= 4 is 28.5 Å². The highest BCUT2D eigenvalue weighted by Gasteiger charge is 2.12. The van der Waals surface area contributed by atoms with Crippen LogP contribution in [0.15, 0.2) is 24.5 Å². The Morgan fingerprint density at radius 3 is 2.78 bits per heavy atom. The zero-order chi connectivity index (χ0) is 12.7. The van der Waals surface area contributed by atoms with E-state index in [9.17, 15) is 0 Å². The molecule has 3 heterocycles. The molecule has 0 aliphatic rings. The van der Waals surface area contributed by atoms with Gasteiger partial charge in [0.15, 0.2) is 5.65 Å². The van der Waals surface area contributed by atoms with E-state index in [4.69, 9.17) is 17.3 Å². The molecule has 3 aromatic rings. The van der Waals surface area contributed by atoms with Crippen molar-refractivity contribution in [3.05, 3.63) is 29.8 Å². The Morgan fingerprint density at radius 1 is 1.22 bits per heavy atom. The standard InChI is InChI=1S/C11H9ClN6/c1-18-10-7(5-15-18)9(16-11(12)17-10)6-2-3-8(13)14-4-6/h2-5H,1H3,(H2,13,14). The zero-order valence-corrected chi connectivity index (χ0v) is 10.3. The predicted molar refractivity (Wildman–Crippen MR) is 69.0 cm³/mol. The molecule has 7 heteroatoms. The first-order valence-electron chi connectivity index (χ1n) is 5.22. The topological polar surface area (TPSA) is 82.5 Å². The SMILES string of the molecule is Cn1ncc2c(-c3ccc(N)nc3)nc(Cl)nc21. The number of nitrogen functional groups attached to an aromatic ring is 1.